The summed E-state index contributed by atoms with van der Waals surface area (Å²) in [7, 11) is 1.57. The van der Waals surface area contributed by atoms with Crippen LogP contribution in [0.5, 0.6) is 5.75 Å². The summed E-state index contributed by atoms with van der Waals surface area (Å²) in [4.78, 5) is 12.8. The summed E-state index contributed by atoms with van der Waals surface area (Å²) in [6.45, 7) is 4.20. The molecule has 17 heavy (non-hydrogen) atoms. The second-order valence-electron chi connectivity index (χ2n) is 4.28. The van der Waals surface area contributed by atoms with Gasteiger partial charge in [0, 0.05) is 23.4 Å². The highest BCUT2D eigenvalue weighted by atomic mass is 32.1. The summed E-state index contributed by atoms with van der Waals surface area (Å²) in [6, 6.07) is 1.70. The number of thiophene rings is 1. The van der Waals surface area contributed by atoms with E-state index in [1.54, 1.807) is 18.6 Å². The second kappa shape index (κ2) is 5.46. The largest absolute Gasteiger partial charge is 0.496 e. The number of rotatable bonds is 5. The number of amides is 1. The van der Waals surface area contributed by atoms with Crippen LogP contribution in [-0.4, -0.2) is 24.6 Å². The van der Waals surface area contributed by atoms with Gasteiger partial charge < -0.3 is 15.8 Å². The second-order valence-corrected chi connectivity index (χ2v) is 5.63. The van der Waals surface area contributed by atoms with Gasteiger partial charge in [-0.3, -0.25) is 4.79 Å². The van der Waals surface area contributed by atoms with Gasteiger partial charge in [0.05, 0.1) is 17.0 Å². The maximum Gasteiger partial charge on any atom is 0.261 e. The summed E-state index contributed by atoms with van der Waals surface area (Å²) in [6.07, 6.45) is 0. The molecule has 0 fully saturated rings. The number of carbonyl (C=O) groups is 1. The van der Waals surface area contributed by atoms with Crippen molar-refractivity contribution in [2.75, 3.05) is 13.7 Å². The van der Waals surface area contributed by atoms with E-state index < -0.39 is 0 Å². The summed E-state index contributed by atoms with van der Waals surface area (Å²) < 4.78 is 5.02. The Labute approximate surface area is 110 Å². The van der Waals surface area contributed by atoms with Crippen LogP contribution in [0.25, 0.3) is 0 Å². The lowest BCUT2D eigenvalue weighted by Gasteiger charge is -2.23. The SMILES string of the molecule is COc1csc(C(=O)NCC(C)(C)C(N)=S)c1. The van der Waals surface area contributed by atoms with Crippen molar-refractivity contribution in [3.63, 3.8) is 0 Å². The van der Waals surface area contributed by atoms with Crippen molar-refractivity contribution < 1.29 is 9.53 Å². The highest BCUT2D eigenvalue weighted by molar-refractivity contribution is 7.80. The Bertz CT molecular complexity index is 427. The maximum absolute atomic E-state index is 11.8. The molecule has 0 atom stereocenters. The quantitative estimate of drug-likeness (QED) is 0.802. The Morgan fingerprint density at radius 1 is 1.65 bits per heavy atom. The van der Waals surface area contributed by atoms with E-state index in [1.807, 2.05) is 13.8 Å². The molecular weight excluding hydrogens is 256 g/mol. The van der Waals surface area contributed by atoms with Crippen molar-refractivity contribution in [2.45, 2.75) is 13.8 Å². The standard InChI is InChI=1S/C11H16N2O2S2/c1-11(2,10(12)16)6-13-9(14)8-4-7(15-3)5-17-8/h4-5H,6H2,1-3H3,(H2,12,16)(H,13,14). The summed E-state index contributed by atoms with van der Waals surface area (Å²) in [5, 5.41) is 4.59. The normalized spacial score (nSPS) is 11.0. The molecule has 0 aromatic carbocycles. The molecule has 0 aliphatic carbocycles. The van der Waals surface area contributed by atoms with E-state index in [0.717, 1.165) is 0 Å². The molecule has 0 aliphatic heterocycles. The molecule has 1 aromatic rings. The van der Waals surface area contributed by atoms with Crippen molar-refractivity contribution in [3.05, 3.63) is 16.3 Å². The molecule has 6 heteroatoms. The zero-order chi connectivity index (χ0) is 13.1. The number of methoxy groups -OCH3 is 1. The average Bonchev–Trinajstić information content (AvgIpc) is 2.74. The first-order chi connectivity index (χ1) is 7.86. The molecule has 0 saturated carbocycles. The maximum atomic E-state index is 11.8. The van der Waals surface area contributed by atoms with Crippen molar-refractivity contribution >= 4 is 34.5 Å². The Hall–Kier alpha value is -1.14. The Morgan fingerprint density at radius 3 is 2.76 bits per heavy atom. The Morgan fingerprint density at radius 2 is 2.29 bits per heavy atom. The lowest BCUT2D eigenvalue weighted by Crippen LogP contribution is -2.41. The molecule has 0 radical (unpaired) electrons. The molecule has 0 aliphatic rings. The molecule has 0 bridgehead atoms. The third kappa shape index (κ3) is 3.67. The molecule has 1 amide bonds. The molecule has 1 heterocycles. The molecule has 0 spiro atoms. The molecule has 1 aromatic heterocycles. The fourth-order valence-corrected chi connectivity index (χ4v) is 1.86. The van der Waals surface area contributed by atoms with E-state index in [-0.39, 0.29) is 11.3 Å². The van der Waals surface area contributed by atoms with Crippen LogP contribution < -0.4 is 15.8 Å². The van der Waals surface area contributed by atoms with Gasteiger partial charge in [-0.05, 0) is 0 Å². The van der Waals surface area contributed by atoms with Crippen LogP contribution in [0.15, 0.2) is 11.4 Å². The van der Waals surface area contributed by atoms with Gasteiger partial charge in [0.15, 0.2) is 0 Å². The third-order valence-electron chi connectivity index (χ3n) is 2.39. The fourth-order valence-electron chi connectivity index (χ4n) is 1.02. The van der Waals surface area contributed by atoms with Gasteiger partial charge in [-0.15, -0.1) is 11.3 Å². The predicted octanol–water partition coefficient (Wildman–Crippen LogP) is 1.80. The minimum absolute atomic E-state index is 0.136. The van der Waals surface area contributed by atoms with E-state index in [2.05, 4.69) is 5.32 Å². The van der Waals surface area contributed by atoms with Gasteiger partial charge in [-0.25, -0.2) is 0 Å². The summed E-state index contributed by atoms with van der Waals surface area (Å²) in [5.41, 5.74) is 5.20. The van der Waals surface area contributed by atoms with Crippen LogP contribution in [0.1, 0.15) is 23.5 Å². The predicted molar refractivity (Wildman–Crippen MR) is 73.8 cm³/mol. The molecule has 94 valence electrons. The highest BCUT2D eigenvalue weighted by Crippen LogP contribution is 2.21. The summed E-state index contributed by atoms with van der Waals surface area (Å²) in [5.74, 6) is 0.552. The first-order valence-electron chi connectivity index (χ1n) is 5.07. The molecule has 0 saturated heterocycles. The number of nitrogens with two attached hydrogens (primary N) is 1. The van der Waals surface area contributed by atoms with Crippen LogP contribution in [0.4, 0.5) is 0 Å². The van der Waals surface area contributed by atoms with E-state index in [4.69, 9.17) is 22.7 Å². The molecule has 4 nitrogen and oxygen atoms in total. The topological polar surface area (TPSA) is 64.3 Å². The van der Waals surface area contributed by atoms with Crippen molar-refractivity contribution in [2.24, 2.45) is 11.1 Å². The number of thiocarbonyl (C=S) groups is 1. The number of hydrogen-bond donors (Lipinski definition) is 2. The van der Waals surface area contributed by atoms with E-state index in [9.17, 15) is 4.79 Å². The number of hydrogen-bond acceptors (Lipinski definition) is 4. The van der Waals surface area contributed by atoms with Gasteiger partial charge in [-0.1, -0.05) is 26.1 Å². The van der Waals surface area contributed by atoms with Gasteiger partial charge in [0.2, 0.25) is 0 Å². The number of carbonyl (C=O) groups excluding carboxylic acids is 1. The Kier molecular flexibility index (Phi) is 4.47. The number of nitrogens with one attached hydrogen (secondary N) is 1. The van der Waals surface area contributed by atoms with Crippen LogP contribution in [0.3, 0.4) is 0 Å². The van der Waals surface area contributed by atoms with E-state index in [1.165, 1.54) is 11.3 Å². The first kappa shape index (κ1) is 13.9. The monoisotopic (exact) mass is 272 g/mol. The molecular formula is C11H16N2O2S2. The minimum Gasteiger partial charge on any atom is -0.496 e. The minimum atomic E-state index is -0.383. The number of ether oxygens (including phenoxy) is 1. The van der Waals surface area contributed by atoms with Crippen LogP contribution >= 0.6 is 23.6 Å². The fraction of sp³-hybridized carbons (Fsp3) is 0.455. The van der Waals surface area contributed by atoms with E-state index >= 15 is 0 Å². The molecule has 1 rings (SSSR count). The highest BCUT2D eigenvalue weighted by Gasteiger charge is 2.22. The zero-order valence-electron chi connectivity index (χ0n) is 10.1. The smallest absolute Gasteiger partial charge is 0.261 e. The van der Waals surface area contributed by atoms with Gasteiger partial charge in [-0.2, -0.15) is 0 Å². The van der Waals surface area contributed by atoms with Gasteiger partial charge in [0.1, 0.15) is 5.75 Å². The van der Waals surface area contributed by atoms with Crippen LogP contribution in [-0.2, 0) is 0 Å². The molecule has 3 N–H and O–H groups in total. The van der Waals surface area contributed by atoms with Crippen molar-refractivity contribution in [1.29, 1.82) is 0 Å². The van der Waals surface area contributed by atoms with Gasteiger partial charge >= 0.3 is 0 Å². The first-order valence-corrected chi connectivity index (χ1v) is 6.36. The summed E-state index contributed by atoms with van der Waals surface area (Å²) >= 11 is 6.27. The third-order valence-corrected chi connectivity index (χ3v) is 3.85. The van der Waals surface area contributed by atoms with Crippen molar-refractivity contribution in [1.82, 2.24) is 5.32 Å². The van der Waals surface area contributed by atoms with Crippen molar-refractivity contribution in [3.8, 4) is 5.75 Å². The van der Waals surface area contributed by atoms with Crippen LogP contribution in [0, 0.1) is 5.41 Å². The zero-order valence-corrected chi connectivity index (χ0v) is 11.7. The molecule has 0 unspecified atom stereocenters. The lowest BCUT2D eigenvalue weighted by atomic mass is 9.93. The Balaban J connectivity index is 2.58. The average molecular weight is 272 g/mol. The van der Waals surface area contributed by atoms with Gasteiger partial charge in [0.25, 0.3) is 5.91 Å². The van der Waals surface area contributed by atoms with Crippen LogP contribution in [0.2, 0.25) is 0 Å². The lowest BCUT2D eigenvalue weighted by molar-refractivity contribution is 0.0949. The van der Waals surface area contributed by atoms with E-state index in [0.29, 0.717) is 22.2 Å².